The predicted molar refractivity (Wildman–Crippen MR) is 164 cm³/mol. The number of hydrogen-bond donors (Lipinski definition) is 3. The second-order valence-electron chi connectivity index (χ2n) is 10.9. The highest BCUT2D eigenvalue weighted by molar-refractivity contribution is 6.42. The summed E-state index contributed by atoms with van der Waals surface area (Å²) < 4.78 is 45.0. The average molecular weight is 654 g/mol. The molecule has 3 aromatic carbocycles. The fourth-order valence-corrected chi connectivity index (χ4v) is 5.20. The number of alkyl halides is 3. The molecule has 236 valence electrons. The van der Waals surface area contributed by atoms with Crippen LogP contribution in [0.1, 0.15) is 35.3 Å². The van der Waals surface area contributed by atoms with E-state index in [1.54, 1.807) is 30.0 Å². The van der Waals surface area contributed by atoms with E-state index in [9.17, 15) is 27.9 Å². The standard InChI is InChI=1S/C31H33Cl2F3N4O4/c1-18-14-40(19(2)17-41)29(42)24-13-23(38-30(43)37-22-7-5-21(6-8-22)31(34,35)36)9-11-27(24)44-28(18)16-39(3)15-20-4-10-25(32)26(33)12-20/h4-13,18-19,28,41H,14-17H2,1-3H3,(H2,37,38,43)/t18-,19-,28-/m0/s1. The number of fused-ring (bicyclic) bond motifs is 1. The molecule has 3 amide bonds. The molecule has 13 heteroatoms. The number of benzene rings is 3. The molecule has 3 aromatic rings. The fraction of sp³-hybridized carbons (Fsp3) is 0.355. The summed E-state index contributed by atoms with van der Waals surface area (Å²) >= 11 is 12.2. The smallest absolute Gasteiger partial charge is 0.416 e. The van der Waals surface area contributed by atoms with Gasteiger partial charge in [-0.2, -0.15) is 13.2 Å². The van der Waals surface area contributed by atoms with E-state index in [0.29, 0.717) is 35.4 Å². The molecular formula is C31H33Cl2F3N4O4. The number of anilines is 2. The first kappa shape index (κ1) is 33.4. The lowest BCUT2D eigenvalue weighted by Crippen LogP contribution is -2.49. The van der Waals surface area contributed by atoms with Crippen LogP contribution >= 0.6 is 23.2 Å². The molecule has 44 heavy (non-hydrogen) atoms. The number of hydrogen-bond acceptors (Lipinski definition) is 5. The van der Waals surface area contributed by atoms with E-state index in [1.807, 2.05) is 26.1 Å². The van der Waals surface area contributed by atoms with Gasteiger partial charge in [-0.3, -0.25) is 9.69 Å². The van der Waals surface area contributed by atoms with Crippen molar-refractivity contribution in [2.45, 2.75) is 38.7 Å². The van der Waals surface area contributed by atoms with Crippen LogP contribution in [0, 0.1) is 5.92 Å². The van der Waals surface area contributed by atoms with E-state index in [2.05, 4.69) is 15.5 Å². The summed E-state index contributed by atoms with van der Waals surface area (Å²) in [5.74, 6) is -0.161. The SMILES string of the molecule is C[C@H]1CN([C@@H](C)CO)C(=O)c2cc(NC(=O)Nc3ccc(C(F)(F)F)cc3)ccc2O[C@H]1CN(C)Cc1ccc(Cl)c(Cl)c1. The molecule has 4 rings (SSSR count). The molecule has 1 aliphatic heterocycles. The molecule has 3 N–H and O–H groups in total. The number of carbonyl (C=O) groups excluding carboxylic acids is 2. The minimum atomic E-state index is -4.49. The van der Waals surface area contributed by atoms with Gasteiger partial charge in [0.2, 0.25) is 0 Å². The molecule has 3 atom stereocenters. The zero-order valence-electron chi connectivity index (χ0n) is 24.3. The van der Waals surface area contributed by atoms with E-state index in [1.165, 1.54) is 6.07 Å². The van der Waals surface area contributed by atoms with Gasteiger partial charge >= 0.3 is 12.2 Å². The normalized spacial score (nSPS) is 17.8. The van der Waals surface area contributed by atoms with Crippen LogP contribution in [0.3, 0.4) is 0 Å². The van der Waals surface area contributed by atoms with Gasteiger partial charge in [0.05, 0.1) is 33.8 Å². The van der Waals surface area contributed by atoms with Crippen LogP contribution in [-0.2, 0) is 12.7 Å². The first-order valence-electron chi connectivity index (χ1n) is 13.9. The van der Waals surface area contributed by atoms with E-state index in [0.717, 1.165) is 29.8 Å². The molecule has 0 aliphatic carbocycles. The van der Waals surface area contributed by atoms with Gasteiger partial charge in [0.25, 0.3) is 5.91 Å². The molecule has 8 nitrogen and oxygen atoms in total. The number of nitrogens with zero attached hydrogens (tertiary/aromatic N) is 2. The maximum absolute atomic E-state index is 13.7. The van der Waals surface area contributed by atoms with Crippen molar-refractivity contribution < 1.29 is 32.6 Å². The third-order valence-corrected chi connectivity index (χ3v) is 8.06. The Bertz CT molecular complexity index is 1490. The Morgan fingerprint density at radius 1 is 1.07 bits per heavy atom. The number of ether oxygens (including phenoxy) is 1. The van der Waals surface area contributed by atoms with Gasteiger partial charge in [-0.05, 0) is 74.1 Å². The highest BCUT2D eigenvalue weighted by Gasteiger charge is 2.34. The van der Waals surface area contributed by atoms with Crippen LogP contribution in [0.25, 0.3) is 0 Å². The van der Waals surface area contributed by atoms with Crippen LogP contribution in [0.2, 0.25) is 10.0 Å². The lowest BCUT2D eigenvalue weighted by Gasteiger charge is -2.38. The van der Waals surface area contributed by atoms with Gasteiger partial charge in [0.15, 0.2) is 0 Å². The number of aliphatic hydroxyl groups excluding tert-OH is 1. The molecule has 0 bridgehead atoms. The average Bonchev–Trinajstić information content (AvgIpc) is 2.96. The Balaban J connectivity index is 1.53. The summed E-state index contributed by atoms with van der Waals surface area (Å²) in [5.41, 5.74) is 0.756. The first-order chi connectivity index (χ1) is 20.7. The second-order valence-corrected chi connectivity index (χ2v) is 11.7. The van der Waals surface area contributed by atoms with Crippen molar-refractivity contribution in [2.24, 2.45) is 5.92 Å². The lowest BCUT2D eigenvalue weighted by molar-refractivity contribution is -0.137. The number of rotatable bonds is 8. The van der Waals surface area contributed by atoms with Gasteiger partial charge in [-0.25, -0.2) is 4.79 Å². The predicted octanol–water partition coefficient (Wildman–Crippen LogP) is 7.01. The highest BCUT2D eigenvalue weighted by Crippen LogP contribution is 2.32. The van der Waals surface area contributed by atoms with E-state index in [4.69, 9.17) is 27.9 Å². The van der Waals surface area contributed by atoms with Crippen molar-refractivity contribution in [1.82, 2.24) is 9.80 Å². The zero-order chi connectivity index (χ0) is 32.2. The summed E-state index contributed by atoms with van der Waals surface area (Å²) in [6.45, 7) is 4.88. The van der Waals surface area contributed by atoms with E-state index in [-0.39, 0.29) is 41.5 Å². The molecule has 0 radical (unpaired) electrons. The molecule has 0 aromatic heterocycles. The minimum absolute atomic E-state index is 0.107. The quantitative estimate of drug-likeness (QED) is 0.243. The monoisotopic (exact) mass is 652 g/mol. The van der Waals surface area contributed by atoms with Crippen LogP contribution in [0.15, 0.2) is 60.7 Å². The van der Waals surface area contributed by atoms with Gasteiger partial charge in [-0.15, -0.1) is 0 Å². The first-order valence-corrected chi connectivity index (χ1v) is 14.6. The maximum atomic E-state index is 13.7. The number of urea groups is 1. The third-order valence-electron chi connectivity index (χ3n) is 7.32. The highest BCUT2D eigenvalue weighted by atomic mass is 35.5. The number of halogens is 5. The van der Waals surface area contributed by atoms with Crippen molar-refractivity contribution in [3.8, 4) is 5.75 Å². The topological polar surface area (TPSA) is 94.1 Å². The Morgan fingerprint density at radius 2 is 1.73 bits per heavy atom. The van der Waals surface area contributed by atoms with Gasteiger partial charge < -0.3 is 25.4 Å². The summed E-state index contributed by atoms with van der Waals surface area (Å²) in [6.07, 6.45) is -4.83. The lowest BCUT2D eigenvalue weighted by atomic mass is 9.99. The Hall–Kier alpha value is -3.51. The molecule has 0 saturated carbocycles. The van der Waals surface area contributed by atoms with Crippen molar-refractivity contribution in [3.63, 3.8) is 0 Å². The number of amides is 3. The molecule has 1 aliphatic rings. The van der Waals surface area contributed by atoms with Crippen molar-refractivity contribution in [3.05, 3.63) is 87.4 Å². The van der Waals surface area contributed by atoms with Crippen LogP contribution < -0.4 is 15.4 Å². The number of nitrogens with one attached hydrogen (secondary N) is 2. The summed E-state index contributed by atoms with van der Waals surface area (Å²) in [7, 11) is 1.94. The van der Waals surface area contributed by atoms with Crippen molar-refractivity contribution in [2.75, 3.05) is 37.4 Å². The van der Waals surface area contributed by atoms with Gasteiger partial charge in [0, 0.05) is 36.9 Å². The van der Waals surface area contributed by atoms with Gasteiger partial charge in [0.1, 0.15) is 11.9 Å². The molecule has 0 spiro atoms. The summed E-state index contributed by atoms with van der Waals surface area (Å²) in [4.78, 5) is 30.0. The Labute approximate surface area is 263 Å². The second kappa shape index (κ2) is 14.1. The molecule has 0 fully saturated rings. The van der Waals surface area contributed by atoms with Crippen LogP contribution in [-0.4, -0.2) is 65.7 Å². The molecule has 1 heterocycles. The third kappa shape index (κ3) is 8.35. The summed E-state index contributed by atoms with van der Waals surface area (Å²) in [6, 6.07) is 12.9. The van der Waals surface area contributed by atoms with Crippen molar-refractivity contribution in [1.29, 1.82) is 0 Å². The summed E-state index contributed by atoms with van der Waals surface area (Å²) in [5, 5.41) is 15.9. The Kier molecular flexibility index (Phi) is 10.7. The van der Waals surface area contributed by atoms with Crippen LogP contribution in [0.4, 0.5) is 29.3 Å². The Morgan fingerprint density at radius 3 is 2.36 bits per heavy atom. The zero-order valence-corrected chi connectivity index (χ0v) is 25.8. The molecule has 0 saturated heterocycles. The van der Waals surface area contributed by atoms with E-state index < -0.39 is 23.8 Å². The number of aliphatic hydroxyl groups is 1. The van der Waals surface area contributed by atoms with Crippen LogP contribution in [0.5, 0.6) is 5.75 Å². The van der Waals surface area contributed by atoms with Crippen molar-refractivity contribution >= 4 is 46.5 Å². The fourth-order valence-electron chi connectivity index (χ4n) is 4.88. The van der Waals surface area contributed by atoms with Gasteiger partial charge in [-0.1, -0.05) is 36.2 Å². The number of carbonyl (C=O) groups is 2. The minimum Gasteiger partial charge on any atom is -0.488 e. The molecule has 0 unspecified atom stereocenters. The molecular weight excluding hydrogens is 620 g/mol. The maximum Gasteiger partial charge on any atom is 0.416 e. The van der Waals surface area contributed by atoms with E-state index >= 15 is 0 Å². The largest absolute Gasteiger partial charge is 0.488 e. The number of likely N-dealkylation sites (N-methyl/N-ethyl adjacent to an activating group) is 1.